The summed E-state index contributed by atoms with van der Waals surface area (Å²) in [6.07, 6.45) is 0. The van der Waals surface area contributed by atoms with Crippen molar-refractivity contribution in [2.45, 2.75) is 0 Å². The Balaban J connectivity index is 1.54. The molecule has 162 valence electrons. The molecule has 0 saturated heterocycles. The lowest BCUT2D eigenvalue weighted by Crippen LogP contribution is -2.36. The molecular formula is C20H16Cl2F2N4O2S. The Bertz CT molecular complexity index is 1110. The van der Waals surface area contributed by atoms with Crippen LogP contribution in [0.25, 0.3) is 11.3 Å². The predicted molar refractivity (Wildman–Crippen MR) is 119 cm³/mol. The molecule has 0 radical (unpaired) electrons. The number of anilines is 2. The molecule has 11 heteroatoms. The van der Waals surface area contributed by atoms with Crippen molar-refractivity contribution in [1.82, 2.24) is 9.88 Å². The van der Waals surface area contributed by atoms with E-state index >= 15 is 0 Å². The van der Waals surface area contributed by atoms with E-state index in [1.165, 1.54) is 10.3 Å². The first-order valence-corrected chi connectivity index (χ1v) is 10.5. The first kappa shape index (κ1) is 23.1. The molecular weight excluding hydrogens is 469 g/mol. The van der Waals surface area contributed by atoms with Gasteiger partial charge in [-0.15, -0.1) is 11.3 Å². The molecule has 0 fully saturated rings. The Morgan fingerprint density at radius 2 is 1.71 bits per heavy atom. The minimum absolute atomic E-state index is 0.00349. The maximum absolute atomic E-state index is 13.9. The number of likely N-dealkylation sites (N-methyl/N-ethyl adjacent to an activating group) is 1. The van der Waals surface area contributed by atoms with Crippen molar-refractivity contribution in [3.63, 3.8) is 0 Å². The monoisotopic (exact) mass is 484 g/mol. The third-order valence-electron chi connectivity index (χ3n) is 4.01. The molecule has 2 N–H and O–H groups in total. The summed E-state index contributed by atoms with van der Waals surface area (Å²) in [5.41, 5.74) is 0.513. The molecule has 2 amide bonds. The van der Waals surface area contributed by atoms with Gasteiger partial charge >= 0.3 is 0 Å². The maximum atomic E-state index is 13.9. The molecule has 31 heavy (non-hydrogen) atoms. The number of carbonyl (C=O) groups excluding carboxylic acids is 2. The highest BCUT2D eigenvalue weighted by molar-refractivity contribution is 7.14. The summed E-state index contributed by atoms with van der Waals surface area (Å²) in [7, 11) is 1.59. The van der Waals surface area contributed by atoms with Gasteiger partial charge in [0.2, 0.25) is 11.8 Å². The summed E-state index contributed by atoms with van der Waals surface area (Å²) in [5, 5.41) is 7.53. The van der Waals surface area contributed by atoms with Crippen molar-refractivity contribution < 1.29 is 18.4 Å². The van der Waals surface area contributed by atoms with Gasteiger partial charge in [0.15, 0.2) is 5.13 Å². The van der Waals surface area contributed by atoms with Crippen molar-refractivity contribution in [2.24, 2.45) is 0 Å². The zero-order chi connectivity index (χ0) is 22.5. The van der Waals surface area contributed by atoms with Gasteiger partial charge in [0, 0.05) is 10.9 Å². The number of hydrogen-bond donors (Lipinski definition) is 2. The average Bonchev–Trinajstić information content (AvgIpc) is 3.14. The lowest BCUT2D eigenvalue weighted by molar-refractivity contribution is -0.119. The van der Waals surface area contributed by atoms with E-state index in [1.807, 2.05) is 0 Å². The highest BCUT2D eigenvalue weighted by Gasteiger charge is 2.16. The summed E-state index contributed by atoms with van der Waals surface area (Å²) in [5.74, 6) is -2.03. The second kappa shape index (κ2) is 10.1. The first-order chi connectivity index (χ1) is 14.7. The van der Waals surface area contributed by atoms with Crippen LogP contribution >= 0.6 is 34.5 Å². The van der Waals surface area contributed by atoms with Crippen LogP contribution in [0.2, 0.25) is 10.0 Å². The molecule has 2 aromatic carbocycles. The lowest BCUT2D eigenvalue weighted by atomic mass is 10.1. The summed E-state index contributed by atoms with van der Waals surface area (Å²) >= 11 is 13.1. The summed E-state index contributed by atoms with van der Waals surface area (Å²) in [6, 6.07) is 7.91. The Morgan fingerprint density at radius 1 is 1.06 bits per heavy atom. The van der Waals surface area contributed by atoms with Gasteiger partial charge < -0.3 is 10.6 Å². The number of nitrogens with one attached hydrogen (secondary N) is 2. The number of hydrogen-bond acceptors (Lipinski definition) is 5. The van der Waals surface area contributed by atoms with Crippen molar-refractivity contribution in [3.05, 3.63) is 63.5 Å². The highest BCUT2D eigenvalue weighted by Crippen LogP contribution is 2.30. The fraction of sp³-hybridized carbons (Fsp3) is 0.150. The fourth-order valence-electron chi connectivity index (χ4n) is 2.65. The van der Waals surface area contributed by atoms with Crippen molar-refractivity contribution >= 4 is 57.2 Å². The van der Waals surface area contributed by atoms with Crippen LogP contribution in [-0.4, -0.2) is 41.8 Å². The molecule has 0 atom stereocenters. The molecule has 0 aliphatic rings. The minimum atomic E-state index is -0.617. The van der Waals surface area contributed by atoms with Crippen LogP contribution in [0, 0.1) is 11.6 Å². The van der Waals surface area contributed by atoms with Crippen molar-refractivity contribution in [2.75, 3.05) is 30.8 Å². The fourth-order valence-corrected chi connectivity index (χ4v) is 3.87. The van der Waals surface area contributed by atoms with Crippen LogP contribution in [0.4, 0.5) is 19.6 Å². The SMILES string of the molecule is CN(CC(=O)Nc1nc(-c2cc(F)ccc2F)cs1)CC(=O)Nc1c(Cl)cccc1Cl. The number of rotatable bonds is 7. The number of para-hydroxylation sites is 1. The third kappa shape index (κ3) is 6.20. The summed E-state index contributed by atoms with van der Waals surface area (Å²) in [4.78, 5) is 30.1. The minimum Gasteiger partial charge on any atom is -0.322 e. The topological polar surface area (TPSA) is 74.3 Å². The predicted octanol–water partition coefficient (Wildman–Crippen LogP) is 4.90. The summed E-state index contributed by atoms with van der Waals surface area (Å²) < 4.78 is 27.2. The van der Waals surface area contributed by atoms with Crippen LogP contribution in [0.3, 0.4) is 0 Å². The van der Waals surface area contributed by atoms with E-state index in [1.54, 1.807) is 25.2 Å². The van der Waals surface area contributed by atoms with Crippen LogP contribution < -0.4 is 10.6 Å². The first-order valence-electron chi connectivity index (χ1n) is 8.86. The number of carbonyl (C=O) groups is 2. The zero-order valence-corrected chi connectivity index (χ0v) is 18.4. The maximum Gasteiger partial charge on any atom is 0.240 e. The lowest BCUT2D eigenvalue weighted by Gasteiger charge is -2.16. The normalized spacial score (nSPS) is 10.9. The van der Waals surface area contributed by atoms with E-state index in [-0.39, 0.29) is 29.5 Å². The average molecular weight is 485 g/mol. The number of nitrogens with zero attached hydrogens (tertiary/aromatic N) is 2. The van der Waals surface area contributed by atoms with E-state index in [4.69, 9.17) is 23.2 Å². The standard InChI is InChI=1S/C20H16Cl2F2N4O2S/c1-28(8-17(29)26-19-13(21)3-2-4-14(19)22)9-18(30)27-20-25-16(10-31-20)12-7-11(23)5-6-15(12)24/h2-7,10H,8-9H2,1H3,(H,26,29)(H,25,27,30). The Labute approximate surface area is 190 Å². The number of amides is 2. The molecule has 0 bridgehead atoms. The third-order valence-corrected chi connectivity index (χ3v) is 5.40. The summed E-state index contributed by atoms with van der Waals surface area (Å²) in [6.45, 7) is -0.195. The second-order valence-corrected chi connectivity index (χ2v) is 8.20. The Hall–Kier alpha value is -2.59. The molecule has 1 heterocycles. The Morgan fingerprint density at radius 3 is 2.39 bits per heavy atom. The van der Waals surface area contributed by atoms with Crippen LogP contribution in [0.15, 0.2) is 41.8 Å². The van der Waals surface area contributed by atoms with Gasteiger partial charge in [-0.2, -0.15) is 0 Å². The van der Waals surface area contributed by atoms with E-state index in [0.29, 0.717) is 15.7 Å². The van der Waals surface area contributed by atoms with E-state index in [2.05, 4.69) is 15.6 Å². The zero-order valence-electron chi connectivity index (χ0n) is 16.1. The molecule has 0 aliphatic carbocycles. The van der Waals surface area contributed by atoms with E-state index in [9.17, 15) is 18.4 Å². The van der Waals surface area contributed by atoms with Gasteiger partial charge in [0.1, 0.15) is 11.6 Å². The quantitative estimate of drug-likeness (QED) is 0.499. The van der Waals surface area contributed by atoms with E-state index in [0.717, 1.165) is 29.5 Å². The largest absolute Gasteiger partial charge is 0.322 e. The van der Waals surface area contributed by atoms with Crippen LogP contribution in [-0.2, 0) is 9.59 Å². The van der Waals surface area contributed by atoms with Gasteiger partial charge in [-0.25, -0.2) is 13.8 Å². The number of halogens is 4. The molecule has 0 saturated carbocycles. The number of thiazole rings is 1. The molecule has 0 spiro atoms. The van der Waals surface area contributed by atoms with Gasteiger partial charge in [-0.1, -0.05) is 29.3 Å². The molecule has 0 unspecified atom stereocenters. The Kier molecular flexibility index (Phi) is 7.55. The molecule has 3 aromatic rings. The molecule has 1 aromatic heterocycles. The van der Waals surface area contributed by atoms with Gasteiger partial charge in [-0.3, -0.25) is 14.5 Å². The van der Waals surface area contributed by atoms with Crippen molar-refractivity contribution in [3.8, 4) is 11.3 Å². The highest BCUT2D eigenvalue weighted by atomic mass is 35.5. The van der Waals surface area contributed by atoms with Gasteiger partial charge in [0.25, 0.3) is 0 Å². The number of benzene rings is 2. The number of aromatic nitrogens is 1. The van der Waals surface area contributed by atoms with Gasteiger partial charge in [0.05, 0.1) is 34.5 Å². The van der Waals surface area contributed by atoms with Gasteiger partial charge in [-0.05, 0) is 37.4 Å². The molecule has 3 rings (SSSR count). The van der Waals surface area contributed by atoms with E-state index < -0.39 is 23.4 Å². The van der Waals surface area contributed by atoms with Crippen LogP contribution in [0.5, 0.6) is 0 Å². The second-order valence-electron chi connectivity index (χ2n) is 6.53. The smallest absolute Gasteiger partial charge is 0.240 e. The molecule has 0 aliphatic heterocycles. The molecule has 6 nitrogen and oxygen atoms in total. The van der Waals surface area contributed by atoms with Crippen molar-refractivity contribution in [1.29, 1.82) is 0 Å². The van der Waals surface area contributed by atoms with Crippen LogP contribution in [0.1, 0.15) is 0 Å².